The summed E-state index contributed by atoms with van der Waals surface area (Å²) in [6, 6.07) is 13.9. The number of amides is 1. The maximum absolute atomic E-state index is 12.9. The van der Waals surface area contributed by atoms with Gasteiger partial charge in [0.2, 0.25) is 0 Å². The van der Waals surface area contributed by atoms with Crippen molar-refractivity contribution in [2.24, 2.45) is 7.05 Å². The van der Waals surface area contributed by atoms with Crippen LogP contribution in [-0.4, -0.2) is 28.7 Å². The molecule has 0 fully saturated rings. The Morgan fingerprint density at radius 3 is 2.54 bits per heavy atom. The monoisotopic (exact) mass is 399 g/mol. The molecular weight excluding hydrogens is 378 g/mol. The number of ether oxygens (including phenoxy) is 2. The number of halogens is 1. The fraction of sp³-hybridized carbons (Fsp3) is 0.238. The van der Waals surface area contributed by atoms with E-state index in [9.17, 15) is 4.79 Å². The van der Waals surface area contributed by atoms with Crippen LogP contribution in [0.1, 0.15) is 24.4 Å². The Kier molecular flexibility index (Phi) is 6.21. The summed E-state index contributed by atoms with van der Waals surface area (Å²) >= 11 is 5.89. The number of hydrogen-bond donors (Lipinski definition) is 1. The SMILES string of the molecule is COc1ccccc1[C@H](NC(=O)[C@H](C)Oc1ccc(Cl)cc1)c1nccn1C. The molecule has 0 aliphatic carbocycles. The highest BCUT2D eigenvalue weighted by molar-refractivity contribution is 6.30. The van der Waals surface area contributed by atoms with Gasteiger partial charge in [0.05, 0.1) is 7.11 Å². The van der Waals surface area contributed by atoms with Gasteiger partial charge in [0.15, 0.2) is 6.10 Å². The zero-order valence-electron chi connectivity index (χ0n) is 15.9. The summed E-state index contributed by atoms with van der Waals surface area (Å²) in [7, 11) is 3.48. The topological polar surface area (TPSA) is 65.4 Å². The molecule has 1 N–H and O–H groups in total. The second-order valence-corrected chi connectivity index (χ2v) is 6.73. The van der Waals surface area contributed by atoms with Crippen molar-refractivity contribution in [1.82, 2.24) is 14.9 Å². The van der Waals surface area contributed by atoms with Gasteiger partial charge in [0, 0.05) is 30.0 Å². The van der Waals surface area contributed by atoms with E-state index in [4.69, 9.17) is 21.1 Å². The summed E-state index contributed by atoms with van der Waals surface area (Å²) in [6.45, 7) is 1.70. The highest BCUT2D eigenvalue weighted by atomic mass is 35.5. The van der Waals surface area contributed by atoms with Crippen LogP contribution in [0.15, 0.2) is 60.9 Å². The van der Waals surface area contributed by atoms with Gasteiger partial charge in [-0.05, 0) is 37.3 Å². The number of aryl methyl sites for hydroxylation is 1. The molecule has 0 radical (unpaired) electrons. The van der Waals surface area contributed by atoms with Crippen LogP contribution in [0.25, 0.3) is 0 Å². The molecule has 0 bridgehead atoms. The van der Waals surface area contributed by atoms with E-state index in [0.29, 0.717) is 22.3 Å². The van der Waals surface area contributed by atoms with Gasteiger partial charge < -0.3 is 19.4 Å². The van der Waals surface area contributed by atoms with E-state index in [1.807, 2.05) is 42.1 Å². The maximum atomic E-state index is 12.9. The van der Waals surface area contributed by atoms with E-state index in [0.717, 1.165) is 5.56 Å². The molecule has 0 aliphatic rings. The van der Waals surface area contributed by atoms with Gasteiger partial charge in [-0.2, -0.15) is 0 Å². The zero-order chi connectivity index (χ0) is 20.1. The van der Waals surface area contributed by atoms with E-state index in [2.05, 4.69) is 10.3 Å². The summed E-state index contributed by atoms with van der Waals surface area (Å²) < 4.78 is 13.1. The molecule has 3 aromatic rings. The van der Waals surface area contributed by atoms with Crippen LogP contribution in [0.5, 0.6) is 11.5 Å². The van der Waals surface area contributed by atoms with Crippen LogP contribution < -0.4 is 14.8 Å². The Balaban J connectivity index is 1.84. The molecule has 146 valence electrons. The van der Waals surface area contributed by atoms with Crippen molar-refractivity contribution in [3.8, 4) is 11.5 Å². The first-order valence-electron chi connectivity index (χ1n) is 8.82. The highest BCUT2D eigenvalue weighted by Crippen LogP contribution is 2.29. The summed E-state index contributed by atoms with van der Waals surface area (Å²) in [4.78, 5) is 17.3. The molecule has 3 rings (SSSR count). The van der Waals surface area contributed by atoms with Crippen molar-refractivity contribution in [3.05, 3.63) is 77.3 Å². The molecular formula is C21H22ClN3O3. The quantitative estimate of drug-likeness (QED) is 0.657. The van der Waals surface area contributed by atoms with Gasteiger partial charge in [-0.25, -0.2) is 4.98 Å². The van der Waals surface area contributed by atoms with Gasteiger partial charge in [-0.3, -0.25) is 4.79 Å². The van der Waals surface area contributed by atoms with E-state index < -0.39 is 12.1 Å². The summed E-state index contributed by atoms with van der Waals surface area (Å²) in [5, 5.41) is 3.64. The van der Waals surface area contributed by atoms with Crippen LogP contribution in [0.3, 0.4) is 0 Å². The van der Waals surface area contributed by atoms with Crippen LogP contribution in [-0.2, 0) is 11.8 Å². The molecule has 2 aromatic carbocycles. The molecule has 0 unspecified atom stereocenters. The second kappa shape index (κ2) is 8.80. The fourth-order valence-electron chi connectivity index (χ4n) is 2.87. The van der Waals surface area contributed by atoms with Gasteiger partial charge in [0.1, 0.15) is 23.4 Å². The first-order chi connectivity index (χ1) is 13.5. The van der Waals surface area contributed by atoms with Gasteiger partial charge >= 0.3 is 0 Å². The molecule has 28 heavy (non-hydrogen) atoms. The molecule has 7 heteroatoms. The molecule has 1 heterocycles. The molecule has 6 nitrogen and oxygen atoms in total. The Labute approximate surface area is 169 Å². The van der Waals surface area contributed by atoms with Crippen LogP contribution in [0.4, 0.5) is 0 Å². The number of para-hydroxylation sites is 1. The van der Waals surface area contributed by atoms with E-state index in [1.54, 1.807) is 44.5 Å². The predicted octanol–water partition coefficient (Wildman–Crippen LogP) is 3.76. The third-order valence-corrected chi connectivity index (χ3v) is 4.60. The predicted molar refractivity (Wildman–Crippen MR) is 108 cm³/mol. The van der Waals surface area contributed by atoms with Crippen molar-refractivity contribution in [1.29, 1.82) is 0 Å². The Morgan fingerprint density at radius 2 is 1.89 bits per heavy atom. The molecule has 1 aromatic heterocycles. The fourth-order valence-corrected chi connectivity index (χ4v) is 3.00. The zero-order valence-corrected chi connectivity index (χ0v) is 16.7. The number of aromatic nitrogens is 2. The number of hydrogen-bond acceptors (Lipinski definition) is 4. The number of carbonyl (C=O) groups excluding carboxylic acids is 1. The average molecular weight is 400 g/mol. The van der Waals surface area contributed by atoms with Crippen molar-refractivity contribution < 1.29 is 14.3 Å². The number of nitrogens with zero attached hydrogens (tertiary/aromatic N) is 2. The summed E-state index contributed by atoms with van der Waals surface area (Å²) in [5.41, 5.74) is 0.811. The van der Waals surface area contributed by atoms with Crippen molar-refractivity contribution in [2.45, 2.75) is 19.1 Å². The average Bonchev–Trinajstić information content (AvgIpc) is 3.13. The minimum Gasteiger partial charge on any atom is -0.496 e. The van der Waals surface area contributed by atoms with E-state index in [-0.39, 0.29) is 5.91 Å². The minimum atomic E-state index is -0.710. The Bertz CT molecular complexity index is 940. The number of benzene rings is 2. The lowest BCUT2D eigenvalue weighted by Crippen LogP contribution is -2.40. The maximum Gasteiger partial charge on any atom is 0.261 e. The third-order valence-electron chi connectivity index (χ3n) is 4.35. The molecule has 0 spiro atoms. The number of carbonyl (C=O) groups is 1. The number of rotatable bonds is 7. The molecule has 0 aliphatic heterocycles. The van der Waals surface area contributed by atoms with Crippen molar-refractivity contribution >= 4 is 17.5 Å². The first-order valence-corrected chi connectivity index (χ1v) is 9.20. The van der Waals surface area contributed by atoms with Crippen LogP contribution in [0, 0.1) is 0 Å². The highest BCUT2D eigenvalue weighted by Gasteiger charge is 2.26. The standard InChI is InChI=1S/C21H22ClN3O3/c1-14(28-16-10-8-15(22)9-11-16)21(26)24-19(20-23-12-13-25(20)2)17-6-4-5-7-18(17)27-3/h4-14,19H,1-3H3,(H,24,26)/t14-,19-/m0/s1. The van der Waals surface area contributed by atoms with Gasteiger partial charge in [0.25, 0.3) is 5.91 Å². The van der Waals surface area contributed by atoms with E-state index in [1.165, 1.54) is 0 Å². The van der Waals surface area contributed by atoms with Crippen LogP contribution in [0.2, 0.25) is 5.02 Å². The van der Waals surface area contributed by atoms with E-state index >= 15 is 0 Å². The minimum absolute atomic E-state index is 0.270. The first kappa shape index (κ1) is 19.8. The van der Waals surface area contributed by atoms with Crippen molar-refractivity contribution in [2.75, 3.05) is 7.11 Å². The second-order valence-electron chi connectivity index (χ2n) is 6.29. The van der Waals surface area contributed by atoms with Gasteiger partial charge in [-0.15, -0.1) is 0 Å². The Morgan fingerprint density at radius 1 is 1.18 bits per heavy atom. The lowest BCUT2D eigenvalue weighted by molar-refractivity contribution is -0.127. The largest absolute Gasteiger partial charge is 0.496 e. The van der Waals surface area contributed by atoms with Crippen LogP contribution >= 0.6 is 11.6 Å². The molecule has 0 saturated heterocycles. The molecule has 0 saturated carbocycles. The number of nitrogens with one attached hydrogen (secondary N) is 1. The summed E-state index contributed by atoms with van der Waals surface area (Å²) in [5.74, 6) is 1.66. The third kappa shape index (κ3) is 4.46. The number of imidazole rings is 1. The Hall–Kier alpha value is -2.99. The lowest BCUT2D eigenvalue weighted by Gasteiger charge is -2.23. The van der Waals surface area contributed by atoms with Crippen molar-refractivity contribution in [3.63, 3.8) is 0 Å². The normalized spacial score (nSPS) is 12.9. The van der Waals surface area contributed by atoms with Gasteiger partial charge in [-0.1, -0.05) is 29.8 Å². The number of methoxy groups -OCH3 is 1. The summed E-state index contributed by atoms with van der Waals surface area (Å²) in [6.07, 6.45) is 2.81. The smallest absolute Gasteiger partial charge is 0.261 e. The lowest BCUT2D eigenvalue weighted by atomic mass is 10.0. The molecule has 1 amide bonds. The molecule has 2 atom stereocenters.